The summed E-state index contributed by atoms with van der Waals surface area (Å²) in [5, 5.41) is 3.06. The number of benzene rings is 2. The number of imidazole rings is 1. The minimum Gasteiger partial charge on any atom is -0.378 e. The summed E-state index contributed by atoms with van der Waals surface area (Å²) in [7, 11) is 0. The van der Waals surface area contributed by atoms with Crippen LogP contribution in [-0.4, -0.2) is 41.6 Å². The van der Waals surface area contributed by atoms with E-state index in [0.29, 0.717) is 11.4 Å². The van der Waals surface area contributed by atoms with E-state index in [0.717, 1.165) is 54.5 Å². The maximum atomic E-state index is 13.4. The maximum absolute atomic E-state index is 13.4. The number of nitrogens with one attached hydrogen (secondary N) is 1. The number of aryl methyl sites for hydroxylation is 2. The van der Waals surface area contributed by atoms with Crippen molar-refractivity contribution in [1.82, 2.24) is 9.38 Å². The lowest BCUT2D eigenvalue weighted by atomic mass is 10.1. The van der Waals surface area contributed by atoms with E-state index < -0.39 is 0 Å². The van der Waals surface area contributed by atoms with Gasteiger partial charge in [-0.2, -0.15) is 0 Å². The highest BCUT2D eigenvalue weighted by Gasteiger charge is 2.21. The molecule has 4 aromatic rings. The Kier molecular flexibility index (Phi) is 5.37. The lowest BCUT2D eigenvalue weighted by Crippen LogP contribution is -2.36. The number of pyridine rings is 1. The SMILES string of the molecule is Cc1ccc(-c2nc3ccc(C)cn3c2C(=O)Nc2ccc(N3CCOCC3)cc2)cc1. The van der Waals surface area contributed by atoms with Crippen LogP contribution in [0.3, 0.4) is 0 Å². The van der Waals surface area contributed by atoms with Crippen LogP contribution in [-0.2, 0) is 4.74 Å². The summed E-state index contributed by atoms with van der Waals surface area (Å²) in [6, 6.07) is 20.0. The number of carbonyl (C=O) groups is 1. The minimum atomic E-state index is -0.183. The van der Waals surface area contributed by atoms with Gasteiger partial charge < -0.3 is 15.0 Å². The van der Waals surface area contributed by atoms with Crippen LogP contribution in [0.1, 0.15) is 21.6 Å². The molecule has 0 radical (unpaired) electrons. The molecule has 0 saturated carbocycles. The number of carbonyl (C=O) groups excluding carboxylic acids is 1. The Bertz CT molecular complexity index is 1250. The summed E-state index contributed by atoms with van der Waals surface area (Å²) in [5.74, 6) is -0.183. The van der Waals surface area contributed by atoms with E-state index in [1.165, 1.54) is 5.56 Å². The number of hydrogen-bond donors (Lipinski definition) is 1. The molecule has 0 unspecified atom stereocenters. The van der Waals surface area contributed by atoms with E-state index in [-0.39, 0.29) is 5.91 Å². The van der Waals surface area contributed by atoms with Gasteiger partial charge >= 0.3 is 0 Å². The van der Waals surface area contributed by atoms with Crippen LogP contribution < -0.4 is 10.2 Å². The molecule has 1 N–H and O–H groups in total. The lowest BCUT2D eigenvalue weighted by Gasteiger charge is -2.28. The van der Waals surface area contributed by atoms with Crippen molar-refractivity contribution in [2.45, 2.75) is 13.8 Å². The third-order valence-electron chi connectivity index (χ3n) is 5.81. The highest BCUT2D eigenvalue weighted by Crippen LogP contribution is 2.27. The van der Waals surface area contributed by atoms with Gasteiger partial charge in [-0.3, -0.25) is 9.20 Å². The van der Waals surface area contributed by atoms with Crippen LogP contribution in [0, 0.1) is 13.8 Å². The first kappa shape index (κ1) is 20.3. The zero-order valence-electron chi connectivity index (χ0n) is 18.3. The van der Waals surface area contributed by atoms with E-state index in [4.69, 9.17) is 9.72 Å². The minimum absolute atomic E-state index is 0.183. The molecule has 3 heterocycles. The Morgan fingerprint density at radius 3 is 2.31 bits per heavy atom. The van der Waals surface area contributed by atoms with Gasteiger partial charge in [0.2, 0.25) is 0 Å². The summed E-state index contributed by atoms with van der Waals surface area (Å²) in [6.07, 6.45) is 1.95. The fraction of sp³-hybridized carbons (Fsp3) is 0.231. The van der Waals surface area contributed by atoms with Crippen LogP contribution in [0.4, 0.5) is 11.4 Å². The average molecular weight is 427 g/mol. The van der Waals surface area contributed by atoms with Gasteiger partial charge in [0, 0.05) is 36.2 Å². The molecule has 1 aliphatic heterocycles. The molecule has 6 nitrogen and oxygen atoms in total. The fourth-order valence-corrected chi connectivity index (χ4v) is 4.05. The second kappa shape index (κ2) is 8.48. The summed E-state index contributed by atoms with van der Waals surface area (Å²) >= 11 is 0. The van der Waals surface area contributed by atoms with E-state index >= 15 is 0 Å². The van der Waals surface area contributed by atoms with Gasteiger partial charge in [0.15, 0.2) is 0 Å². The first-order valence-electron chi connectivity index (χ1n) is 10.9. The van der Waals surface area contributed by atoms with Crippen molar-refractivity contribution in [1.29, 1.82) is 0 Å². The largest absolute Gasteiger partial charge is 0.378 e. The number of aromatic nitrogens is 2. The smallest absolute Gasteiger partial charge is 0.274 e. The molecule has 1 fully saturated rings. The molecule has 2 aromatic heterocycles. The van der Waals surface area contributed by atoms with E-state index in [2.05, 4.69) is 10.2 Å². The molecule has 1 saturated heterocycles. The molecule has 0 bridgehead atoms. The number of anilines is 2. The number of morpholine rings is 1. The predicted octanol–water partition coefficient (Wildman–Crippen LogP) is 4.71. The van der Waals surface area contributed by atoms with Gasteiger partial charge in [-0.15, -0.1) is 0 Å². The quantitative estimate of drug-likeness (QED) is 0.514. The van der Waals surface area contributed by atoms with Crippen molar-refractivity contribution in [3.63, 3.8) is 0 Å². The number of ether oxygens (including phenoxy) is 1. The van der Waals surface area contributed by atoms with Crippen LogP contribution in [0.15, 0.2) is 66.9 Å². The summed E-state index contributed by atoms with van der Waals surface area (Å²) < 4.78 is 7.31. The molecule has 162 valence electrons. The summed E-state index contributed by atoms with van der Waals surface area (Å²) in [5.41, 5.74) is 7.00. The number of rotatable bonds is 4. The Balaban J connectivity index is 1.48. The molecule has 0 spiro atoms. The predicted molar refractivity (Wildman–Crippen MR) is 128 cm³/mol. The third kappa shape index (κ3) is 3.97. The monoisotopic (exact) mass is 426 g/mol. The standard InChI is InChI=1S/C26H26N4O2/c1-18-3-6-20(7-4-18)24-25(30-17-19(2)5-12-23(30)28-24)26(31)27-21-8-10-22(11-9-21)29-13-15-32-16-14-29/h3-12,17H,13-16H2,1-2H3,(H,27,31). The molecule has 1 aliphatic rings. The fourth-order valence-electron chi connectivity index (χ4n) is 4.05. The molecular formula is C26H26N4O2. The van der Waals surface area contributed by atoms with Gasteiger partial charge in [-0.05, 0) is 49.7 Å². The zero-order chi connectivity index (χ0) is 22.1. The second-order valence-electron chi connectivity index (χ2n) is 8.21. The molecule has 1 amide bonds. The van der Waals surface area contributed by atoms with Gasteiger partial charge in [-0.25, -0.2) is 4.98 Å². The van der Waals surface area contributed by atoms with Crippen LogP contribution in [0.5, 0.6) is 0 Å². The molecule has 32 heavy (non-hydrogen) atoms. The van der Waals surface area contributed by atoms with E-state index in [1.807, 2.05) is 85.1 Å². The summed E-state index contributed by atoms with van der Waals surface area (Å²) in [6.45, 7) is 7.31. The Labute approximate surface area is 187 Å². The Morgan fingerprint density at radius 2 is 1.59 bits per heavy atom. The van der Waals surface area contributed by atoms with Crippen LogP contribution >= 0.6 is 0 Å². The normalized spacial score (nSPS) is 14.0. The highest BCUT2D eigenvalue weighted by molar-refractivity contribution is 6.07. The molecule has 2 aromatic carbocycles. The van der Waals surface area contributed by atoms with Crippen molar-refractivity contribution >= 4 is 22.9 Å². The molecular weight excluding hydrogens is 400 g/mol. The van der Waals surface area contributed by atoms with Gasteiger partial charge in [0.1, 0.15) is 17.0 Å². The maximum Gasteiger partial charge on any atom is 0.274 e. The van der Waals surface area contributed by atoms with Crippen molar-refractivity contribution < 1.29 is 9.53 Å². The number of nitrogens with zero attached hydrogens (tertiary/aromatic N) is 3. The Hall–Kier alpha value is -3.64. The van der Waals surface area contributed by atoms with Gasteiger partial charge in [0.25, 0.3) is 5.91 Å². The van der Waals surface area contributed by atoms with Crippen molar-refractivity contribution in [2.24, 2.45) is 0 Å². The van der Waals surface area contributed by atoms with E-state index in [9.17, 15) is 4.79 Å². The van der Waals surface area contributed by atoms with Crippen LogP contribution in [0.25, 0.3) is 16.9 Å². The van der Waals surface area contributed by atoms with E-state index in [1.54, 1.807) is 0 Å². The lowest BCUT2D eigenvalue weighted by molar-refractivity contribution is 0.102. The van der Waals surface area contributed by atoms with Gasteiger partial charge in [0.05, 0.1) is 13.2 Å². The third-order valence-corrected chi connectivity index (χ3v) is 5.81. The Morgan fingerprint density at radius 1 is 0.906 bits per heavy atom. The molecule has 6 heteroatoms. The first-order chi connectivity index (χ1) is 15.6. The average Bonchev–Trinajstić information content (AvgIpc) is 3.19. The zero-order valence-corrected chi connectivity index (χ0v) is 18.3. The highest BCUT2D eigenvalue weighted by atomic mass is 16.5. The number of amides is 1. The second-order valence-corrected chi connectivity index (χ2v) is 8.21. The van der Waals surface area contributed by atoms with Crippen molar-refractivity contribution in [3.05, 3.63) is 83.7 Å². The molecule has 0 aliphatic carbocycles. The van der Waals surface area contributed by atoms with Crippen molar-refractivity contribution in [2.75, 3.05) is 36.5 Å². The molecule has 5 rings (SSSR count). The topological polar surface area (TPSA) is 58.9 Å². The number of fused-ring (bicyclic) bond motifs is 1. The molecule has 0 atom stereocenters. The van der Waals surface area contributed by atoms with Gasteiger partial charge in [-0.1, -0.05) is 35.9 Å². The van der Waals surface area contributed by atoms with Crippen LogP contribution in [0.2, 0.25) is 0 Å². The first-order valence-corrected chi connectivity index (χ1v) is 10.9. The number of hydrogen-bond acceptors (Lipinski definition) is 4. The summed E-state index contributed by atoms with van der Waals surface area (Å²) in [4.78, 5) is 20.5. The van der Waals surface area contributed by atoms with Crippen molar-refractivity contribution in [3.8, 4) is 11.3 Å².